The Hall–Kier alpha value is -3.03. The number of anilines is 2. The second kappa shape index (κ2) is 11.9. The van der Waals surface area contributed by atoms with Gasteiger partial charge in [0.25, 0.3) is 0 Å². The van der Waals surface area contributed by atoms with Crippen molar-refractivity contribution in [3.05, 3.63) is 41.6 Å². The van der Waals surface area contributed by atoms with Crippen molar-refractivity contribution in [3.63, 3.8) is 0 Å². The molecular weight excluding hydrogens is 538 g/mol. The molecule has 5 aliphatic rings. The van der Waals surface area contributed by atoms with Crippen LogP contribution < -0.4 is 20.7 Å². The van der Waals surface area contributed by atoms with E-state index in [-0.39, 0.29) is 17.7 Å². The van der Waals surface area contributed by atoms with Crippen molar-refractivity contribution in [2.75, 3.05) is 23.7 Å². The lowest BCUT2D eigenvalue weighted by molar-refractivity contribution is -0.0711. The fourth-order valence-electron chi connectivity index (χ4n) is 8.54. The number of rotatable bonds is 11. The number of aromatic nitrogens is 2. The van der Waals surface area contributed by atoms with E-state index in [1.165, 1.54) is 44.4 Å². The maximum Gasteiger partial charge on any atom is 0.387 e. The van der Waals surface area contributed by atoms with Crippen molar-refractivity contribution in [2.24, 2.45) is 29.1 Å². The summed E-state index contributed by atoms with van der Waals surface area (Å²) < 4.78 is 30.2. The lowest BCUT2D eigenvalue weighted by Crippen LogP contribution is -2.60. The Morgan fingerprint density at radius 1 is 1.12 bits per heavy atom. The number of hydrogen-bond donors (Lipinski definition) is 4. The van der Waals surface area contributed by atoms with Crippen LogP contribution in [0.15, 0.2) is 30.5 Å². The van der Waals surface area contributed by atoms with Crippen molar-refractivity contribution in [1.29, 1.82) is 5.26 Å². The zero-order valence-electron chi connectivity index (χ0n) is 24.3. The molecule has 1 aromatic heterocycles. The van der Waals surface area contributed by atoms with Gasteiger partial charge in [-0.2, -0.15) is 19.0 Å². The molecule has 1 unspecified atom stereocenters. The van der Waals surface area contributed by atoms with Crippen LogP contribution >= 0.6 is 0 Å². The zero-order valence-corrected chi connectivity index (χ0v) is 24.3. The molecule has 8 nitrogen and oxygen atoms in total. The van der Waals surface area contributed by atoms with E-state index in [1.54, 1.807) is 18.2 Å². The minimum absolute atomic E-state index is 0.105. The van der Waals surface area contributed by atoms with Gasteiger partial charge < -0.3 is 25.8 Å². The number of nitrogens with zero attached hydrogens (tertiary/aromatic N) is 3. The molecule has 0 radical (unpaired) electrons. The third-order valence-electron chi connectivity index (χ3n) is 10.4. The lowest BCUT2D eigenvalue weighted by atomic mass is 9.48. The molecule has 7 rings (SSSR count). The summed E-state index contributed by atoms with van der Waals surface area (Å²) in [6.45, 7) is 1.11. The van der Waals surface area contributed by atoms with Crippen molar-refractivity contribution in [2.45, 2.75) is 89.5 Å². The zero-order chi connectivity index (χ0) is 29.3. The number of nitriles is 1. The van der Waals surface area contributed by atoms with Crippen molar-refractivity contribution in [1.82, 2.24) is 15.3 Å². The highest BCUT2D eigenvalue weighted by molar-refractivity contribution is 5.53. The van der Waals surface area contributed by atoms with Crippen LogP contribution in [0.25, 0.3) is 0 Å². The van der Waals surface area contributed by atoms with Gasteiger partial charge in [-0.05, 0) is 106 Å². The SMILES string of the molecule is C[C@]1(O)CC[C@H](CN[C@@H]2[C@@H]3CC4C[C@H]2C[C@@](CNc2nc(NCc5ccccc5OC(F)F)ncc2C#N)(C4)C3)CC1. The molecule has 1 heterocycles. The van der Waals surface area contributed by atoms with E-state index in [0.29, 0.717) is 46.7 Å². The molecule has 5 fully saturated rings. The molecule has 0 amide bonds. The monoisotopic (exact) mass is 580 g/mol. The number of aliphatic hydroxyl groups is 1. The van der Waals surface area contributed by atoms with E-state index in [2.05, 4.69) is 36.7 Å². The normalized spacial score (nSPS) is 33.4. The molecular formula is C32H42F2N6O2. The summed E-state index contributed by atoms with van der Waals surface area (Å²) in [5, 5.41) is 30.6. The fraction of sp³-hybridized carbons (Fsp3) is 0.656. The molecule has 0 spiro atoms. The second-order valence-corrected chi connectivity index (χ2v) is 13.6. The summed E-state index contributed by atoms with van der Waals surface area (Å²) in [4.78, 5) is 8.87. The smallest absolute Gasteiger partial charge is 0.387 e. The fourth-order valence-corrected chi connectivity index (χ4v) is 8.54. The van der Waals surface area contributed by atoms with Gasteiger partial charge in [0.15, 0.2) is 0 Å². The summed E-state index contributed by atoms with van der Waals surface area (Å²) in [6, 6.07) is 9.40. The second-order valence-electron chi connectivity index (χ2n) is 13.6. The highest BCUT2D eigenvalue weighted by Gasteiger charge is 2.55. The molecule has 5 saturated carbocycles. The van der Waals surface area contributed by atoms with Crippen LogP contribution in [0.2, 0.25) is 0 Å². The molecule has 0 saturated heterocycles. The van der Waals surface area contributed by atoms with E-state index >= 15 is 0 Å². The van der Waals surface area contributed by atoms with Gasteiger partial charge in [-0.25, -0.2) is 4.98 Å². The van der Waals surface area contributed by atoms with Crippen molar-refractivity contribution >= 4 is 11.8 Å². The number of alkyl halides is 2. The van der Waals surface area contributed by atoms with Crippen LogP contribution in [0.3, 0.4) is 0 Å². The summed E-state index contributed by atoms with van der Waals surface area (Å²) >= 11 is 0. The van der Waals surface area contributed by atoms with E-state index in [1.807, 2.05) is 6.92 Å². The first-order valence-electron chi connectivity index (χ1n) is 15.4. The van der Waals surface area contributed by atoms with Crippen LogP contribution in [0.4, 0.5) is 20.5 Å². The first kappa shape index (κ1) is 29.1. The van der Waals surface area contributed by atoms with Crippen LogP contribution in [-0.4, -0.2) is 46.4 Å². The molecule has 0 aliphatic heterocycles. The Labute approximate surface area is 246 Å². The van der Waals surface area contributed by atoms with Gasteiger partial charge in [0.1, 0.15) is 23.2 Å². The van der Waals surface area contributed by atoms with E-state index in [9.17, 15) is 19.1 Å². The number of hydrogen-bond acceptors (Lipinski definition) is 8. The molecule has 1 aromatic carbocycles. The highest BCUT2D eigenvalue weighted by atomic mass is 19.3. The van der Waals surface area contributed by atoms with Gasteiger partial charge >= 0.3 is 6.61 Å². The average Bonchev–Trinajstić information content (AvgIpc) is 2.95. The minimum Gasteiger partial charge on any atom is -0.434 e. The molecule has 2 aromatic rings. The quantitative estimate of drug-likeness (QED) is 0.268. The standard InChI is InChI=1S/C32H42F2N6O2/c1-31(41)8-6-20(7-9-31)16-36-27-23-10-21-11-24(27)14-32(12-21,13-23)19-39-28-25(15-35)18-38-30(40-28)37-17-22-4-2-3-5-26(22)42-29(33)34/h2-5,18,20-21,23-24,27,29,36,41H,6-14,16-17,19H2,1H3,(H2,37,38,39,40)/t20-,21?,23-,24+,27-,31-,32-. The molecule has 42 heavy (non-hydrogen) atoms. The van der Waals surface area contributed by atoms with Gasteiger partial charge in [-0.3, -0.25) is 0 Å². The summed E-state index contributed by atoms with van der Waals surface area (Å²) in [5.41, 5.74) is 0.668. The highest BCUT2D eigenvalue weighted by Crippen LogP contribution is 2.60. The number of halogens is 2. The van der Waals surface area contributed by atoms with Crippen LogP contribution in [-0.2, 0) is 6.54 Å². The molecule has 5 aliphatic carbocycles. The lowest BCUT2D eigenvalue weighted by Gasteiger charge is -2.60. The van der Waals surface area contributed by atoms with Gasteiger partial charge in [0.2, 0.25) is 5.95 Å². The Bertz CT molecular complexity index is 1270. The number of benzene rings is 1. The first-order chi connectivity index (χ1) is 20.2. The van der Waals surface area contributed by atoms with E-state index in [4.69, 9.17) is 0 Å². The maximum atomic E-state index is 12.8. The van der Waals surface area contributed by atoms with E-state index in [0.717, 1.165) is 44.7 Å². The first-order valence-corrected chi connectivity index (χ1v) is 15.4. The summed E-state index contributed by atoms with van der Waals surface area (Å²) in [7, 11) is 0. The number of nitrogens with one attached hydrogen (secondary N) is 3. The van der Waals surface area contributed by atoms with Gasteiger partial charge in [0.05, 0.1) is 11.8 Å². The van der Waals surface area contributed by atoms with Crippen LogP contribution in [0.5, 0.6) is 5.75 Å². The minimum atomic E-state index is -2.90. The summed E-state index contributed by atoms with van der Waals surface area (Å²) in [6.07, 6.45) is 11.7. The molecule has 226 valence electrons. The van der Waals surface area contributed by atoms with Gasteiger partial charge in [-0.1, -0.05) is 18.2 Å². The Morgan fingerprint density at radius 2 is 1.86 bits per heavy atom. The topological polar surface area (TPSA) is 115 Å². The van der Waals surface area contributed by atoms with Gasteiger partial charge in [0, 0.05) is 24.7 Å². The van der Waals surface area contributed by atoms with Crippen LogP contribution in [0.1, 0.15) is 75.8 Å². The third kappa shape index (κ3) is 6.47. The molecule has 4 N–H and O–H groups in total. The average molecular weight is 581 g/mol. The van der Waals surface area contributed by atoms with Crippen molar-refractivity contribution in [3.8, 4) is 11.8 Å². The summed E-state index contributed by atoms with van der Waals surface area (Å²) in [5.74, 6) is 3.72. The predicted molar refractivity (Wildman–Crippen MR) is 156 cm³/mol. The third-order valence-corrected chi connectivity index (χ3v) is 10.4. The molecule has 5 atom stereocenters. The maximum absolute atomic E-state index is 12.8. The molecule has 4 bridgehead atoms. The van der Waals surface area contributed by atoms with Gasteiger partial charge in [-0.15, -0.1) is 0 Å². The predicted octanol–water partition coefficient (Wildman–Crippen LogP) is 5.70. The largest absolute Gasteiger partial charge is 0.434 e. The molecule has 10 heteroatoms. The number of para-hydroxylation sites is 1. The Balaban J connectivity index is 1.07. The Kier molecular flexibility index (Phi) is 8.25. The van der Waals surface area contributed by atoms with Crippen LogP contribution in [0, 0.1) is 40.4 Å². The Morgan fingerprint density at radius 3 is 2.57 bits per heavy atom. The number of ether oxygens (including phenoxy) is 1. The van der Waals surface area contributed by atoms with E-state index < -0.39 is 12.2 Å². The van der Waals surface area contributed by atoms with Crippen molar-refractivity contribution < 1.29 is 18.6 Å².